The highest BCUT2D eigenvalue weighted by Crippen LogP contribution is 2.33. The molecular weight excluding hydrogens is 280 g/mol. The van der Waals surface area contributed by atoms with E-state index in [1.807, 2.05) is 6.92 Å². The summed E-state index contributed by atoms with van der Waals surface area (Å²) in [7, 11) is 0. The van der Waals surface area contributed by atoms with E-state index in [-0.39, 0.29) is 17.2 Å². The number of rotatable bonds is 5. The maximum absolute atomic E-state index is 11.3. The molecule has 2 aromatic rings. The van der Waals surface area contributed by atoms with Crippen LogP contribution in [0.15, 0.2) is 30.6 Å². The maximum Gasteiger partial charge on any atom is 0.337 e. The van der Waals surface area contributed by atoms with Crippen LogP contribution in [0.4, 0.5) is 11.5 Å². The second-order valence-electron chi connectivity index (χ2n) is 4.11. The van der Waals surface area contributed by atoms with Crippen LogP contribution in [0.2, 0.25) is 5.02 Å². The van der Waals surface area contributed by atoms with Crippen LogP contribution in [0.5, 0.6) is 0 Å². The number of halogens is 1. The lowest BCUT2D eigenvalue weighted by Gasteiger charge is -2.07. The number of nitrogens with one attached hydrogen (secondary N) is 1. The predicted molar refractivity (Wildman–Crippen MR) is 77.9 cm³/mol. The Morgan fingerprint density at radius 3 is 2.60 bits per heavy atom. The van der Waals surface area contributed by atoms with Crippen molar-refractivity contribution in [2.24, 2.45) is 0 Å². The number of nitro groups is 1. The third-order valence-electron chi connectivity index (χ3n) is 2.66. The number of aromatic nitrogens is 2. The van der Waals surface area contributed by atoms with E-state index in [1.165, 1.54) is 6.33 Å². The Labute approximate surface area is 121 Å². The second kappa shape index (κ2) is 6.29. The van der Waals surface area contributed by atoms with E-state index in [2.05, 4.69) is 15.3 Å². The lowest BCUT2D eigenvalue weighted by molar-refractivity contribution is -0.383. The zero-order valence-electron chi connectivity index (χ0n) is 10.8. The standard InChI is InChI=1S/C13H13ClN4O2/c1-2-7-15-13-12(18(19)20)11(16-8-17-13)9-3-5-10(14)6-4-9/h3-6,8H,2,7H2,1H3,(H,15,16,17). The summed E-state index contributed by atoms with van der Waals surface area (Å²) in [5.41, 5.74) is 0.784. The monoisotopic (exact) mass is 292 g/mol. The Morgan fingerprint density at radius 2 is 2.00 bits per heavy atom. The summed E-state index contributed by atoms with van der Waals surface area (Å²) in [4.78, 5) is 18.8. The SMILES string of the molecule is CCCNc1ncnc(-c2ccc(Cl)cc2)c1[N+](=O)[O-]. The Hall–Kier alpha value is -2.21. The molecule has 7 heteroatoms. The molecule has 0 unspecified atom stereocenters. The molecule has 0 atom stereocenters. The summed E-state index contributed by atoms with van der Waals surface area (Å²) >= 11 is 5.82. The van der Waals surface area contributed by atoms with E-state index < -0.39 is 4.92 Å². The molecule has 0 amide bonds. The van der Waals surface area contributed by atoms with Crippen molar-refractivity contribution in [1.29, 1.82) is 0 Å². The molecule has 6 nitrogen and oxygen atoms in total. The molecule has 104 valence electrons. The van der Waals surface area contributed by atoms with Crippen molar-refractivity contribution in [2.75, 3.05) is 11.9 Å². The fraction of sp³-hybridized carbons (Fsp3) is 0.231. The van der Waals surface area contributed by atoms with Crippen molar-refractivity contribution in [3.05, 3.63) is 45.7 Å². The maximum atomic E-state index is 11.3. The number of benzene rings is 1. The molecule has 1 N–H and O–H groups in total. The Morgan fingerprint density at radius 1 is 1.30 bits per heavy atom. The zero-order chi connectivity index (χ0) is 14.5. The number of hydrogen-bond acceptors (Lipinski definition) is 5. The van der Waals surface area contributed by atoms with Crippen LogP contribution in [-0.2, 0) is 0 Å². The van der Waals surface area contributed by atoms with Crippen molar-refractivity contribution in [3.8, 4) is 11.3 Å². The van der Waals surface area contributed by atoms with Gasteiger partial charge in [0.2, 0.25) is 5.82 Å². The molecule has 0 fully saturated rings. The molecular formula is C13H13ClN4O2. The van der Waals surface area contributed by atoms with Crippen LogP contribution in [0.1, 0.15) is 13.3 Å². The molecule has 0 bridgehead atoms. The van der Waals surface area contributed by atoms with Crippen LogP contribution in [0, 0.1) is 10.1 Å². The van der Waals surface area contributed by atoms with Gasteiger partial charge in [0.15, 0.2) is 5.69 Å². The minimum absolute atomic E-state index is 0.122. The molecule has 0 spiro atoms. The Bertz CT molecular complexity index is 616. The van der Waals surface area contributed by atoms with Crippen LogP contribution in [-0.4, -0.2) is 21.4 Å². The van der Waals surface area contributed by atoms with Crippen molar-refractivity contribution in [2.45, 2.75) is 13.3 Å². The van der Waals surface area contributed by atoms with Crippen molar-refractivity contribution in [3.63, 3.8) is 0 Å². The second-order valence-corrected chi connectivity index (χ2v) is 4.55. The molecule has 1 aromatic carbocycles. The van der Waals surface area contributed by atoms with Gasteiger partial charge in [-0.25, -0.2) is 9.97 Å². The summed E-state index contributed by atoms with van der Waals surface area (Å²) in [6.45, 7) is 2.58. The lowest BCUT2D eigenvalue weighted by atomic mass is 10.1. The first-order valence-electron chi connectivity index (χ1n) is 6.12. The van der Waals surface area contributed by atoms with E-state index in [1.54, 1.807) is 24.3 Å². The van der Waals surface area contributed by atoms with Gasteiger partial charge in [-0.05, 0) is 18.6 Å². The molecule has 0 aliphatic carbocycles. The van der Waals surface area contributed by atoms with E-state index in [0.717, 1.165) is 6.42 Å². The largest absolute Gasteiger partial charge is 0.364 e. The van der Waals surface area contributed by atoms with Crippen LogP contribution >= 0.6 is 11.6 Å². The van der Waals surface area contributed by atoms with Gasteiger partial charge in [0.1, 0.15) is 6.33 Å². The molecule has 0 radical (unpaired) electrons. The normalized spacial score (nSPS) is 10.3. The number of hydrogen-bond donors (Lipinski definition) is 1. The molecule has 0 aliphatic heterocycles. The average molecular weight is 293 g/mol. The minimum atomic E-state index is -0.470. The van der Waals surface area contributed by atoms with E-state index in [9.17, 15) is 10.1 Å². The van der Waals surface area contributed by atoms with E-state index in [0.29, 0.717) is 17.1 Å². The topological polar surface area (TPSA) is 81.0 Å². The third-order valence-corrected chi connectivity index (χ3v) is 2.92. The van der Waals surface area contributed by atoms with Crippen molar-refractivity contribution < 1.29 is 4.92 Å². The highest BCUT2D eigenvalue weighted by Gasteiger charge is 2.23. The molecule has 0 saturated heterocycles. The lowest BCUT2D eigenvalue weighted by Crippen LogP contribution is -2.07. The van der Waals surface area contributed by atoms with Gasteiger partial charge in [0, 0.05) is 17.1 Å². The van der Waals surface area contributed by atoms with Crippen molar-refractivity contribution >= 4 is 23.1 Å². The summed E-state index contributed by atoms with van der Waals surface area (Å²) in [5.74, 6) is 0.233. The predicted octanol–water partition coefficient (Wildman–Crippen LogP) is 3.53. The van der Waals surface area contributed by atoms with Crippen LogP contribution < -0.4 is 5.32 Å². The summed E-state index contributed by atoms with van der Waals surface area (Å²) in [6, 6.07) is 6.73. The van der Waals surface area contributed by atoms with Crippen LogP contribution in [0.3, 0.4) is 0 Å². The quantitative estimate of drug-likeness (QED) is 0.673. The smallest absolute Gasteiger partial charge is 0.337 e. The highest BCUT2D eigenvalue weighted by atomic mass is 35.5. The Balaban J connectivity index is 2.51. The molecule has 20 heavy (non-hydrogen) atoms. The molecule has 2 rings (SSSR count). The summed E-state index contributed by atoms with van der Waals surface area (Å²) in [5, 5.41) is 14.8. The van der Waals surface area contributed by atoms with E-state index in [4.69, 9.17) is 11.6 Å². The van der Waals surface area contributed by atoms with Crippen molar-refractivity contribution in [1.82, 2.24) is 9.97 Å². The first-order valence-corrected chi connectivity index (χ1v) is 6.50. The van der Waals surface area contributed by atoms with Gasteiger partial charge in [0.25, 0.3) is 0 Å². The van der Waals surface area contributed by atoms with Gasteiger partial charge in [-0.2, -0.15) is 0 Å². The molecule has 0 aliphatic rings. The summed E-state index contributed by atoms with van der Waals surface area (Å²) < 4.78 is 0. The minimum Gasteiger partial charge on any atom is -0.364 e. The van der Waals surface area contributed by atoms with Gasteiger partial charge < -0.3 is 5.32 Å². The summed E-state index contributed by atoms with van der Waals surface area (Å²) in [6.07, 6.45) is 2.16. The molecule has 0 saturated carbocycles. The van der Waals surface area contributed by atoms with Gasteiger partial charge >= 0.3 is 5.69 Å². The third kappa shape index (κ3) is 3.03. The molecule has 1 aromatic heterocycles. The van der Waals surface area contributed by atoms with Gasteiger partial charge in [-0.1, -0.05) is 30.7 Å². The zero-order valence-corrected chi connectivity index (χ0v) is 11.6. The fourth-order valence-corrected chi connectivity index (χ4v) is 1.87. The first-order chi connectivity index (χ1) is 9.63. The average Bonchev–Trinajstić information content (AvgIpc) is 2.45. The Kier molecular flexibility index (Phi) is 4.47. The number of nitrogens with zero attached hydrogens (tertiary/aromatic N) is 3. The van der Waals surface area contributed by atoms with Gasteiger partial charge in [-0.15, -0.1) is 0 Å². The number of anilines is 1. The van der Waals surface area contributed by atoms with Gasteiger partial charge in [0.05, 0.1) is 4.92 Å². The fourth-order valence-electron chi connectivity index (χ4n) is 1.74. The molecule has 1 heterocycles. The first kappa shape index (κ1) is 14.2. The van der Waals surface area contributed by atoms with Crippen LogP contribution in [0.25, 0.3) is 11.3 Å². The van der Waals surface area contributed by atoms with Gasteiger partial charge in [-0.3, -0.25) is 10.1 Å². The highest BCUT2D eigenvalue weighted by molar-refractivity contribution is 6.30. The van der Waals surface area contributed by atoms with E-state index >= 15 is 0 Å².